The lowest BCUT2D eigenvalue weighted by molar-refractivity contribution is -0.141. The second-order valence-corrected chi connectivity index (χ2v) is 4.95. The zero-order valence-electron chi connectivity index (χ0n) is 11.7. The van der Waals surface area contributed by atoms with E-state index in [9.17, 15) is 9.59 Å². The summed E-state index contributed by atoms with van der Waals surface area (Å²) in [5, 5.41) is 8.89. The number of aliphatic carboxylic acids is 1. The predicted molar refractivity (Wildman–Crippen MR) is 80.3 cm³/mol. The summed E-state index contributed by atoms with van der Waals surface area (Å²) in [6.45, 7) is 1.72. The summed E-state index contributed by atoms with van der Waals surface area (Å²) in [7, 11) is 0. The first kappa shape index (κ1) is 17.5. The number of likely N-dealkylation sites (tertiary alicyclic amines) is 1. The second-order valence-electron chi connectivity index (χ2n) is 4.95. The van der Waals surface area contributed by atoms with Gasteiger partial charge in [0.1, 0.15) is 0 Å². The van der Waals surface area contributed by atoms with Crippen LogP contribution >= 0.6 is 12.4 Å². The zero-order chi connectivity index (χ0) is 14.4. The highest BCUT2D eigenvalue weighted by Crippen LogP contribution is 2.17. The van der Waals surface area contributed by atoms with Crippen molar-refractivity contribution < 1.29 is 19.4 Å². The van der Waals surface area contributed by atoms with Crippen LogP contribution in [0, 0.1) is 5.92 Å². The van der Waals surface area contributed by atoms with Gasteiger partial charge in [0.2, 0.25) is 5.91 Å². The van der Waals surface area contributed by atoms with E-state index in [1.807, 2.05) is 30.3 Å². The Morgan fingerprint density at radius 2 is 2.00 bits per heavy atom. The van der Waals surface area contributed by atoms with Crippen LogP contribution in [0.2, 0.25) is 0 Å². The van der Waals surface area contributed by atoms with Crippen LogP contribution in [0.5, 0.6) is 0 Å². The quantitative estimate of drug-likeness (QED) is 0.815. The minimum Gasteiger partial charge on any atom is -0.481 e. The number of hydrogen-bond donors (Lipinski definition) is 1. The SMILES string of the molecule is Cl.O=C(O)C1CCN(C(=O)CCOCc2ccccc2)C1. The number of carbonyl (C=O) groups is 2. The largest absolute Gasteiger partial charge is 0.481 e. The Kier molecular flexibility index (Phi) is 7.19. The Balaban J connectivity index is 0.00000220. The number of rotatable bonds is 6. The summed E-state index contributed by atoms with van der Waals surface area (Å²) in [6.07, 6.45) is 0.852. The fourth-order valence-electron chi connectivity index (χ4n) is 2.27. The number of carboxylic acids is 1. The Hall–Kier alpha value is -1.59. The van der Waals surface area contributed by atoms with E-state index in [2.05, 4.69) is 0 Å². The number of amides is 1. The molecule has 1 aromatic rings. The number of ether oxygens (including phenoxy) is 1. The van der Waals surface area contributed by atoms with Gasteiger partial charge in [0.25, 0.3) is 0 Å². The first-order valence-electron chi connectivity index (χ1n) is 6.79. The third-order valence-electron chi connectivity index (χ3n) is 3.46. The van der Waals surface area contributed by atoms with Gasteiger partial charge in [0.15, 0.2) is 0 Å². The van der Waals surface area contributed by atoms with Gasteiger partial charge in [0.05, 0.1) is 25.6 Å². The van der Waals surface area contributed by atoms with Crippen molar-refractivity contribution in [1.29, 1.82) is 0 Å². The topological polar surface area (TPSA) is 66.8 Å². The molecule has 1 N–H and O–H groups in total. The van der Waals surface area contributed by atoms with Crippen molar-refractivity contribution >= 4 is 24.3 Å². The molecule has 1 amide bonds. The molecule has 1 aliphatic rings. The van der Waals surface area contributed by atoms with Crippen LogP contribution in [0.1, 0.15) is 18.4 Å². The van der Waals surface area contributed by atoms with Crippen molar-refractivity contribution in [3.63, 3.8) is 0 Å². The van der Waals surface area contributed by atoms with Crippen LogP contribution in [0.4, 0.5) is 0 Å². The van der Waals surface area contributed by atoms with Gasteiger partial charge in [-0.2, -0.15) is 0 Å². The summed E-state index contributed by atoms with van der Waals surface area (Å²) < 4.78 is 5.46. The van der Waals surface area contributed by atoms with Gasteiger partial charge in [-0.25, -0.2) is 0 Å². The zero-order valence-corrected chi connectivity index (χ0v) is 12.6. The highest BCUT2D eigenvalue weighted by molar-refractivity contribution is 5.85. The first-order chi connectivity index (χ1) is 9.66. The Morgan fingerprint density at radius 3 is 2.62 bits per heavy atom. The first-order valence-corrected chi connectivity index (χ1v) is 6.79. The van der Waals surface area contributed by atoms with Crippen molar-refractivity contribution in [2.45, 2.75) is 19.4 Å². The molecule has 21 heavy (non-hydrogen) atoms. The molecule has 0 bridgehead atoms. The summed E-state index contributed by atoms with van der Waals surface area (Å²) in [5.41, 5.74) is 1.08. The Morgan fingerprint density at radius 1 is 1.29 bits per heavy atom. The van der Waals surface area contributed by atoms with Crippen molar-refractivity contribution in [3.05, 3.63) is 35.9 Å². The molecule has 1 saturated heterocycles. The van der Waals surface area contributed by atoms with Gasteiger partial charge in [0, 0.05) is 13.1 Å². The average molecular weight is 314 g/mol. The maximum absolute atomic E-state index is 11.9. The van der Waals surface area contributed by atoms with Crippen LogP contribution < -0.4 is 0 Å². The van der Waals surface area contributed by atoms with Crippen LogP contribution in [0.25, 0.3) is 0 Å². The highest BCUT2D eigenvalue weighted by Gasteiger charge is 2.30. The number of nitrogens with zero attached hydrogens (tertiary/aromatic N) is 1. The molecule has 0 radical (unpaired) electrons. The molecule has 1 heterocycles. The maximum atomic E-state index is 11.9. The lowest BCUT2D eigenvalue weighted by Crippen LogP contribution is -2.30. The normalized spacial score (nSPS) is 17.3. The van der Waals surface area contributed by atoms with Gasteiger partial charge < -0.3 is 14.7 Å². The molecule has 6 heteroatoms. The molecule has 2 rings (SSSR count). The molecule has 1 aromatic carbocycles. The molecule has 116 valence electrons. The minimum absolute atomic E-state index is 0. The van der Waals surface area contributed by atoms with Gasteiger partial charge in [-0.3, -0.25) is 9.59 Å². The number of carbonyl (C=O) groups excluding carboxylic acids is 1. The molecule has 1 atom stereocenters. The number of hydrogen-bond acceptors (Lipinski definition) is 3. The molecule has 1 unspecified atom stereocenters. The molecule has 0 spiro atoms. The van der Waals surface area contributed by atoms with Crippen LogP contribution in [-0.2, 0) is 20.9 Å². The molecule has 0 aromatic heterocycles. The lowest BCUT2D eigenvalue weighted by atomic mass is 10.1. The molecule has 0 aliphatic carbocycles. The van der Waals surface area contributed by atoms with Gasteiger partial charge in [-0.05, 0) is 12.0 Å². The molecule has 5 nitrogen and oxygen atoms in total. The third-order valence-corrected chi connectivity index (χ3v) is 3.46. The van der Waals surface area contributed by atoms with Crippen LogP contribution in [0.15, 0.2) is 30.3 Å². The lowest BCUT2D eigenvalue weighted by Gasteiger charge is -2.15. The average Bonchev–Trinajstić information content (AvgIpc) is 2.94. The number of carboxylic acid groups (broad SMARTS) is 1. The van der Waals surface area contributed by atoms with Crippen LogP contribution in [-0.4, -0.2) is 41.6 Å². The maximum Gasteiger partial charge on any atom is 0.308 e. The second kappa shape index (κ2) is 8.64. The van der Waals surface area contributed by atoms with Gasteiger partial charge >= 0.3 is 5.97 Å². The van der Waals surface area contributed by atoms with Crippen molar-refractivity contribution in [3.8, 4) is 0 Å². The van der Waals surface area contributed by atoms with Crippen LogP contribution in [0.3, 0.4) is 0 Å². The number of benzene rings is 1. The molecular formula is C15H20ClNO4. The van der Waals surface area contributed by atoms with Crippen molar-refractivity contribution in [2.75, 3.05) is 19.7 Å². The minimum atomic E-state index is -0.819. The van der Waals surface area contributed by atoms with E-state index >= 15 is 0 Å². The summed E-state index contributed by atoms with van der Waals surface area (Å²) >= 11 is 0. The van der Waals surface area contributed by atoms with E-state index in [0.717, 1.165) is 5.56 Å². The van der Waals surface area contributed by atoms with E-state index in [-0.39, 0.29) is 18.3 Å². The van der Waals surface area contributed by atoms with E-state index < -0.39 is 11.9 Å². The predicted octanol–water partition coefficient (Wildman–Crippen LogP) is 1.95. The Bertz CT molecular complexity index is 466. The van der Waals surface area contributed by atoms with Crippen molar-refractivity contribution in [1.82, 2.24) is 4.90 Å². The Labute approximate surface area is 130 Å². The third kappa shape index (κ3) is 5.36. The molecule has 0 saturated carbocycles. The van der Waals surface area contributed by atoms with E-state index in [1.54, 1.807) is 4.90 Å². The van der Waals surface area contributed by atoms with Gasteiger partial charge in [-0.1, -0.05) is 30.3 Å². The fraction of sp³-hybridized carbons (Fsp3) is 0.467. The summed E-state index contributed by atoms with van der Waals surface area (Å²) in [4.78, 5) is 24.3. The molecular weight excluding hydrogens is 294 g/mol. The standard InChI is InChI=1S/C15H19NO4.ClH/c17-14(16-8-6-13(10-16)15(18)19)7-9-20-11-12-4-2-1-3-5-12;/h1-5,13H,6-11H2,(H,18,19);1H. The van der Waals surface area contributed by atoms with Gasteiger partial charge in [-0.15, -0.1) is 12.4 Å². The fourth-order valence-corrected chi connectivity index (χ4v) is 2.27. The molecule has 1 fully saturated rings. The smallest absolute Gasteiger partial charge is 0.308 e. The monoisotopic (exact) mass is 313 g/mol. The molecule has 1 aliphatic heterocycles. The van der Waals surface area contributed by atoms with E-state index in [0.29, 0.717) is 39.1 Å². The summed E-state index contributed by atoms with van der Waals surface area (Å²) in [6, 6.07) is 9.78. The summed E-state index contributed by atoms with van der Waals surface area (Å²) in [5.74, 6) is -1.26. The number of halogens is 1. The van der Waals surface area contributed by atoms with Crippen molar-refractivity contribution in [2.24, 2.45) is 5.92 Å². The highest BCUT2D eigenvalue weighted by atomic mass is 35.5. The van der Waals surface area contributed by atoms with E-state index in [1.165, 1.54) is 0 Å². The van der Waals surface area contributed by atoms with E-state index in [4.69, 9.17) is 9.84 Å².